The Hall–Kier alpha value is -4.40. The second-order valence-electron chi connectivity index (χ2n) is 6.72. The minimum absolute atomic E-state index is 0.278. The Bertz CT molecular complexity index is 1270. The quantitative estimate of drug-likeness (QED) is 0.436. The molecule has 0 saturated heterocycles. The van der Waals surface area contributed by atoms with Crippen LogP contribution in [0.2, 0.25) is 0 Å². The van der Waals surface area contributed by atoms with E-state index in [1.54, 1.807) is 54.9 Å². The summed E-state index contributed by atoms with van der Waals surface area (Å²) in [6.45, 7) is 2.61. The summed E-state index contributed by atoms with van der Waals surface area (Å²) < 4.78 is 16.1. The SMILES string of the molecule is CCOc1cc(C(=O)Nc2cccc(-c3noc(=O)[nH]3)c2)ccc1OCc1cccnc1. The maximum atomic E-state index is 12.8. The average Bonchev–Trinajstić information content (AvgIpc) is 3.25. The molecule has 0 radical (unpaired) electrons. The molecule has 0 spiro atoms. The number of H-pyrrole nitrogens is 1. The zero-order valence-corrected chi connectivity index (χ0v) is 17.2. The third-order valence-corrected chi connectivity index (χ3v) is 4.46. The van der Waals surface area contributed by atoms with Gasteiger partial charge in [-0.2, -0.15) is 0 Å². The fourth-order valence-corrected chi connectivity index (χ4v) is 2.98. The standard InChI is InChI=1S/C23H20N4O5/c1-2-30-20-12-17(8-9-19(20)31-14-15-5-4-10-24-13-15)22(28)25-18-7-3-6-16(11-18)21-26-23(29)32-27-21/h3-13H,2,14H2,1H3,(H,25,28)(H,26,27,29). The summed E-state index contributed by atoms with van der Waals surface area (Å²) in [4.78, 5) is 30.5. The number of nitrogens with one attached hydrogen (secondary N) is 2. The van der Waals surface area contributed by atoms with Crippen LogP contribution in [0, 0.1) is 0 Å². The smallest absolute Gasteiger partial charge is 0.439 e. The molecule has 9 heteroatoms. The van der Waals surface area contributed by atoms with Gasteiger partial charge < -0.3 is 14.8 Å². The highest BCUT2D eigenvalue weighted by Gasteiger charge is 2.13. The summed E-state index contributed by atoms with van der Waals surface area (Å²) in [6, 6.07) is 15.6. The van der Waals surface area contributed by atoms with Gasteiger partial charge >= 0.3 is 5.76 Å². The number of anilines is 1. The van der Waals surface area contributed by atoms with E-state index in [0.717, 1.165) is 5.56 Å². The van der Waals surface area contributed by atoms with Gasteiger partial charge in [-0.1, -0.05) is 23.4 Å². The van der Waals surface area contributed by atoms with Crippen LogP contribution in [0.15, 0.2) is 76.3 Å². The molecule has 2 aromatic heterocycles. The predicted octanol–water partition coefficient (Wildman–Crippen LogP) is 3.65. The Morgan fingerprint density at radius 1 is 1.09 bits per heavy atom. The monoisotopic (exact) mass is 432 g/mol. The maximum absolute atomic E-state index is 12.8. The van der Waals surface area contributed by atoms with Crippen LogP contribution in [0.5, 0.6) is 11.5 Å². The third kappa shape index (κ3) is 5.01. The number of benzene rings is 2. The Kier molecular flexibility index (Phi) is 6.26. The number of hydrogen-bond donors (Lipinski definition) is 2. The molecule has 0 aliphatic heterocycles. The summed E-state index contributed by atoms with van der Waals surface area (Å²) in [6.07, 6.45) is 3.42. The number of nitrogens with zero attached hydrogens (tertiary/aromatic N) is 2. The van der Waals surface area contributed by atoms with Crippen LogP contribution in [0.25, 0.3) is 11.4 Å². The van der Waals surface area contributed by atoms with Gasteiger partial charge in [0.15, 0.2) is 17.3 Å². The molecule has 0 bridgehead atoms. The van der Waals surface area contributed by atoms with Crippen LogP contribution in [-0.4, -0.2) is 27.6 Å². The van der Waals surface area contributed by atoms with E-state index >= 15 is 0 Å². The molecule has 0 atom stereocenters. The lowest BCUT2D eigenvalue weighted by molar-refractivity contribution is 0.102. The molecule has 2 aromatic carbocycles. The van der Waals surface area contributed by atoms with Crippen LogP contribution in [0.1, 0.15) is 22.8 Å². The van der Waals surface area contributed by atoms with E-state index in [-0.39, 0.29) is 11.7 Å². The van der Waals surface area contributed by atoms with Crippen LogP contribution >= 0.6 is 0 Å². The van der Waals surface area contributed by atoms with Crippen molar-refractivity contribution in [2.45, 2.75) is 13.5 Å². The van der Waals surface area contributed by atoms with Crippen LogP contribution in [0.3, 0.4) is 0 Å². The molecular weight excluding hydrogens is 412 g/mol. The molecule has 4 aromatic rings. The van der Waals surface area contributed by atoms with Crippen molar-refractivity contribution in [1.29, 1.82) is 0 Å². The van der Waals surface area contributed by atoms with Crippen molar-refractivity contribution in [3.63, 3.8) is 0 Å². The minimum Gasteiger partial charge on any atom is -0.490 e. The Labute approximate surface area is 183 Å². The average molecular weight is 432 g/mol. The lowest BCUT2D eigenvalue weighted by Gasteiger charge is -2.13. The lowest BCUT2D eigenvalue weighted by Crippen LogP contribution is -2.12. The molecule has 0 aliphatic carbocycles. The van der Waals surface area contributed by atoms with Crippen molar-refractivity contribution >= 4 is 11.6 Å². The summed E-state index contributed by atoms with van der Waals surface area (Å²) >= 11 is 0. The van der Waals surface area contributed by atoms with Gasteiger partial charge in [-0.05, 0) is 43.3 Å². The summed E-state index contributed by atoms with van der Waals surface area (Å²) in [7, 11) is 0. The van der Waals surface area contributed by atoms with Crippen molar-refractivity contribution in [3.05, 3.63) is 88.7 Å². The number of amides is 1. The zero-order valence-electron chi connectivity index (χ0n) is 17.2. The number of aromatic amines is 1. The molecule has 2 heterocycles. The Morgan fingerprint density at radius 3 is 2.75 bits per heavy atom. The van der Waals surface area contributed by atoms with Crippen molar-refractivity contribution in [2.24, 2.45) is 0 Å². The van der Waals surface area contributed by atoms with Gasteiger partial charge in [0.2, 0.25) is 0 Å². The molecule has 0 unspecified atom stereocenters. The van der Waals surface area contributed by atoms with Gasteiger partial charge in [0, 0.05) is 34.8 Å². The molecule has 4 rings (SSSR count). The van der Waals surface area contributed by atoms with E-state index in [0.29, 0.717) is 41.5 Å². The van der Waals surface area contributed by atoms with E-state index in [9.17, 15) is 9.59 Å². The molecule has 32 heavy (non-hydrogen) atoms. The van der Waals surface area contributed by atoms with Crippen LogP contribution < -0.4 is 20.5 Å². The first kappa shape index (κ1) is 20.9. The molecule has 9 nitrogen and oxygen atoms in total. The van der Waals surface area contributed by atoms with E-state index < -0.39 is 5.76 Å². The summed E-state index contributed by atoms with van der Waals surface area (Å²) in [5.41, 5.74) is 2.46. The maximum Gasteiger partial charge on any atom is 0.439 e. The van der Waals surface area contributed by atoms with E-state index in [2.05, 4.69) is 25.0 Å². The molecule has 0 fully saturated rings. The number of carbonyl (C=O) groups is 1. The number of ether oxygens (including phenoxy) is 2. The lowest BCUT2D eigenvalue weighted by atomic mass is 10.1. The van der Waals surface area contributed by atoms with Crippen molar-refractivity contribution < 1.29 is 18.8 Å². The highest BCUT2D eigenvalue weighted by molar-refractivity contribution is 6.04. The molecule has 2 N–H and O–H groups in total. The fraction of sp³-hybridized carbons (Fsp3) is 0.130. The first-order chi connectivity index (χ1) is 15.6. The molecular formula is C23H20N4O5. The van der Waals surface area contributed by atoms with Gasteiger partial charge in [-0.3, -0.25) is 19.3 Å². The highest BCUT2D eigenvalue weighted by Crippen LogP contribution is 2.30. The van der Waals surface area contributed by atoms with Gasteiger partial charge in [-0.25, -0.2) is 4.79 Å². The number of hydrogen-bond acceptors (Lipinski definition) is 7. The topological polar surface area (TPSA) is 119 Å². The van der Waals surface area contributed by atoms with Crippen molar-refractivity contribution in [2.75, 3.05) is 11.9 Å². The number of aromatic nitrogens is 3. The molecule has 0 saturated carbocycles. The molecule has 1 amide bonds. The summed E-state index contributed by atoms with van der Waals surface area (Å²) in [5, 5.41) is 6.48. The van der Waals surface area contributed by atoms with Crippen LogP contribution in [-0.2, 0) is 6.61 Å². The largest absolute Gasteiger partial charge is 0.490 e. The van der Waals surface area contributed by atoms with E-state index in [1.165, 1.54) is 0 Å². The first-order valence-electron chi connectivity index (χ1n) is 9.88. The van der Waals surface area contributed by atoms with Crippen molar-refractivity contribution in [3.8, 4) is 22.9 Å². The van der Waals surface area contributed by atoms with E-state index in [1.807, 2.05) is 19.1 Å². The molecule has 162 valence electrons. The van der Waals surface area contributed by atoms with Crippen LogP contribution in [0.4, 0.5) is 5.69 Å². The summed E-state index contributed by atoms with van der Waals surface area (Å²) in [5.74, 6) is 0.307. The van der Waals surface area contributed by atoms with Gasteiger partial charge in [0.1, 0.15) is 6.61 Å². The minimum atomic E-state index is -0.649. The number of rotatable bonds is 8. The highest BCUT2D eigenvalue weighted by atomic mass is 16.5. The van der Waals surface area contributed by atoms with Gasteiger partial charge in [-0.15, -0.1) is 0 Å². The fourth-order valence-electron chi connectivity index (χ4n) is 2.98. The third-order valence-electron chi connectivity index (χ3n) is 4.46. The van der Waals surface area contributed by atoms with Crippen molar-refractivity contribution in [1.82, 2.24) is 15.1 Å². The predicted molar refractivity (Wildman–Crippen MR) is 117 cm³/mol. The Morgan fingerprint density at radius 2 is 2.00 bits per heavy atom. The zero-order chi connectivity index (χ0) is 22.3. The Balaban J connectivity index is 1.49. The molecule has 0 aliphatic rings. The number of pyridine rings is 1. The first-order valence-corrected chi connectivity index (χ1v) is 9.88. The second kappa shape index (κ2) is 9.61. The second-order valence-corrected chi connectivity index (χ2v) is 6.72. The normalized spacial score (nSPS) is 10.5. The van der Waals surface area contributed by atoms with Gasteiger partial charge in [0.05, 0.1) is 6.61 Å². The van der Waals surface area contributed by atoms with E-state index in [4.69, 9.17) is 9.47 Å². The van der Waals surface area contributed by atoms with Gasteiger partial charge in [0.25, 0.3) is 5.91 Å². The number of carbonyl (C=O) groups excluding carboxylic acids is 1.